The van der Waals surface area contributed by atoms with Crippen LogP contribution >= 0.6 is 0 Å². The van der Waals surface area contributed by atoms with E-state index >= 15 is 0 Å². The Balaban J connectivity index is 2.12. The van der Waals surface area contributed by atoms with Crippen molar-refractivity contribution in [3.05, 3.63) is 12.4 Å². The summed E-state index contributed by atoms with van der Waals surface area (Å²) in [4.78, 5) is 0.304. The van der Waals surface area contributed by atoms with Crippen LogP contribution in [0.1, 0.15) is 33.1 Å². The van der Waals surface area contributed by atoms with Crippen molar-refractivity contribution in [2.45, 2.75) is 44.6 Å². The minimum absolute atomic E-state index is 0.223. The highest BCUT2D eigenvalue weighted by atomic mass is 32.2. The molecular formula is C14H26N4O2S. The highest BCUT2D eigenvalue weighted by Gasteiger charge is 2.31. The van der Waals surface area contributed by atoms with Crippen LogP contribution in [0.3, 0.4) is 0 Å². The van der Waals surface area contributed by atoms with E-state index in [1.807, 2.05) is 7.05 Å². The number of hydrogen-bond donors (Lipinski definition) is 1. The van der Waals surface area contributed by atoms with E-state index in [0.29, 0.717) is 24.5 Å². The van der Waals surface area contributed by atoms with Gasteiger partial charge in [-0.2, -0.15) is 9.40 Å². The molecule has 1 aliphatic heterocycles. The zero-order chi connectivity index (χ0) is 15.5. The molecule has 0 atom stereocenters. The Morgan fingerprint density at radius 1 is 1.33 bits per heavy atom. The average molecular weight is 314 g/mol. The second-order valence-corrected chi connectivity index (χ2v) is 8.40. The molecule has 2 rings (SSSR count). The maximum atomic E-state index is 12.7. The van der Waals surface area contributed by atoms with Crippen LogP contribution in [0, 0.1) is 5.41 Å². The lowest BCUT2D eigenvalue weighted by molar-refractivity contribution is 0.315. The fourth-order valence-electron chi connectivity index (χ4n) is 2.61. The molecule has 1 N–H and O–H groups in total. The van der Waals surface area contributed by atoms with Gasteiger partial charge in [-0.15, -0.1) is 0 Å². The third kappa shape index (κ3) is 4.05. The van der Waals surface area contributed by atoms with Crippen LogP contribution in [-0.2, 0) is 16.6 Å². The first-order chi connectivity index (χ1) is 9.85. The first-order valence-corrected chi connectivity index (χ1v) is 8.96. The highest BCUT2D eigenvalue weighted by molar-refractivity contribution is 7.89. The topological polar surface area (TPSA) is 67.2 Å². The zero-order valence-electron chi connectivity index (χ0n) is 13.2. The second-order valence-electron chi connectivity index (χ2n) is 6.46. The summed E-state index contributed by atoms with van der Waals surface area (Å²) in [6.07, 6.45) is 5.98. The predicted octanol–water partition coefficient (Wildman–Crippen LogP) is 1.30. The molecule has 1 aliphatic rings. The van der Waals surface area contributed by atoms with Crippen LogP contribution in [-0.4, -0.2) is 49.2 Å². The van der Waals surface area contributed by atoms with E-state index in [2.05, 4.69) is 24.3 Å². The molecule has 0 radical (unpaired) electrons. The van der Waals surface area contributed by atoms with Gasteiger partial charge in [-0.1, -0.05) is 13.8 Å². The molecule has 120 valence electrons. The maximum absolute atomic E-state index is 12.7. The second kappa shape index (κ2) is 6.46. The monoisotopic (exact) mass is 314 g/mol. The van der Waals surface area contributed by atoms with Gasteiger partial charge in [0.05, 0.1) is 12.7 Å². The van der Waals surface area contributed by atoms with E-state index in [1.54, 1.807) is 15.2 Å². The third-order valence-electron chi connectivity index (χ3n) is 4.14. The molecule has 1 fully saturated rings. The smallest absolute Gasteiger partial charge is 0.246 e. The summed E-state index contributed by atoms with van der Waals surface area (Å²) >= 11 is 0. The van der Waals surface area contributed by atoms with Crippen LogP contribution in [0.25, 0.3) is 0 Å². The summed E-state index contributed by atoms with van der Waals surface area (Å²) in [5, 5.41) is 7.16. The first kappa shape index (κ1) is 16.5. The van der Waals surface area contributed by atoms with Gasteiger partial charge in [0.1, 0.15) is 4.90 Å². The maximum Gasteiger partial charge on any atom is 0.246 e. The lowest BCUT2D eigenvalue weighted by Gasteiger charge is -2.22. The average Bonchev–Trinajstić information content (AvgIpc) is 2.81. The van der Waals surface area contributed by atoms with Crippen molar-refractivity contribution < 1.29 is 8.42 Å². The molecule has 0 spiro atoms. The van der Waals surface area contributed by atoms with Gasteiger partial charge in [0.2, 0.25) is 10.0 Å². The minimum atomic E-state index is -3.41. The highest BCUT2D eigenvalue weighted by Crippen LogP contribution is 2.31. The van der Waals surface area contributed by atoms with Gasteiger partial charge in [0.15, 0.2) is 0 Å². The number of aromatic nitrogens is 2. The lowest BCUT2D eigenvalue weighted by atomic mass is 9.85. The van der Waals surface area contributed by atoms with Gasteiger partial charge in [-0.3, -0.25) is 4.68 Å². The predicted molar refractivity (Wildman–Crippen MR) is 82.5 cm³/mol. The van der Waals surface area contributed by atoms with E-state index in [4.69, 9.17) is 0 Å². The molecule has 1 aromatic rings. The molecular weight excluding hydrogens is 288 g/mol. The summed E-state index contributed by atoms with van der Waals surface area (Å²) in [5.41, 5.74) is 0.223. The Morgan fingerprint density at radius 3 is 2.81 bits per heavy atom. The third-order valence-corrected chi connectivity index (χ3v) is 5.99. The Labute approximate surface area is 127 Å². The number of sulfonamides is 1. The first-order valence-electron chi connectivity index (χ1n) is 7.52. The molecule has 0 bridgehead atoms. The van der Waals surface area contributed by atoms with E-state index in [9.17, 15) is 8.42 Å². The van der Waals surface area contributed by atoms with E-state index in [0.717, 1.165) is 25.8 Å². The Bertz CT molecular complexity index is 565. The van der Waals surface area contributed by atoms with E-state index in [1.165, 1.54) is 6.20 Å². The van der Waals surface area contributed by atoms with Gasteiger partial charge in [-0.25, -0.2) is 8.42 Å². The summed E-state index contributed by atoms with van der Waals surface area (Å²) in [5.74, 6) is 0. The molecule has 6 nitrogen and oxygen atoms in total. The summed E-state index contributed by atoms with van der Waals surface area (Å²) < 4.78 is 28.7. The molecule has 1 aromatic heterocycles. The van der Waals surface area contributed by atoms with Crippen molar-refractivity contribution in [3.8, 4) is 0 Å². The Hall–Kier alpha value is -0.920. The molecule has 0 unspecified atom stereocenters. The van der Waals surface area contributed by atoms with Crippen molar-refractivity contribution in [1.29, 1.82) is 0 Å². The number of rotatable bonds is 5. The van der Waals surface area contributed by atoms with Crippen LogP contribution in [0.4, 0.5) is 0 Å². The summed E-state index contributed by atoms with van der Waals surface area (Å²) in [7, 11) is -1.55. The number of nitrogens with one attached hydrogen (secondary N) is 1. The van der Waals surface area contributed by atoms with Crippen LogP contribution in [0.5, 0.6) is 0 Å². The van der Waals surface area contributed by atoms with E-state index < -0.39 is 10.0 Å². The zero-order valence-corrected chi connectivity index (χ0v) is 14.0. The molecule has 0 saturated carbocycles. The number of hydrogen-bond acceptors (Lipinski definition) is 4. The molecule has 7 heteroatoms. The largest absolute Gasteiger partial charge is 0.318 e. The van der Waals surface area contributed by atoms with Crippen LogP contribution < -0.4 is 5.32 Å². The van der Waals surface area contributed by atoms with Crippen molar-refractivity contribution in [2.24, 2.45) is 5.41 Å². The standard InChI is InChI=1S/C14H26N4O2S/c1-14(2)5-4-8-18(9-6-14)21(19,20)13-11-16-17(12-13)10-7-15-3/h11-12,15H,4-10H2,1-3H3. The molecule has 0 aromatic carbocycles. The molecule has 21 heavy (non-hydrogen) atoms. The SMILES string of the molecule is CNCCn1cc(S(=O)(=O)N2CCCC(C)(C)CC2)cn1. The number of nitrogens with zero attached hydrogens (tertiary/aromatic N) is 3. The summed E-state index contributed by atoms with van der Waals surface area (Å²) in [6.45, 7) is 7.04. The van der Waals surface area contributed by atoms with Crippen molar-refractivity contribution in [3.63, 3.8) is 0 Å². The Kier molecular flexibility index (Phi) is 5.06. The molecule has 0 amide bonds. The normalized spacial score (nSPS) is 20.3. The van der Waals surface area contributed by atoms with Gasteiger partial charge >= 0.3 is 0 Å². The van der Waals surface area contributed by atoms with Gasteiger partial charge in [0.25, 0.3) is 0 Å². The van der Waals surface area contributed by atoms with Gasteiger partial charge < -0.3 is 5.32 Å². The van der Waals surface area contributed by atoms with Crippen molar-refractivity contribution >= 4 is 10.0 Å². The van der Waals surface area contributed by atoms with Crippen molar-refractivity contribution in [2.75, 3.05) is 26.7 Å². The van der Waals surface area contributed by atoms with Gasteiger partial charge in [0, 0.05) is 25.8 Å². The summed E-state index contributed by atoms with van der Waals surface area (Å²) in [6, 6.07) is 0. The van der Waals surface area contributed by atoms with Crippen molar-refractivity contribution in [1.82, 2.24) is 19.4 Å². The quantitative estimate of drug-likeness (QED) is 0.889. The Morgan fingerprint density at radius 2 is 2.10 bits per heavy atom. The fourth-order valence-corrected chi connectivity index (χ4v) is 4.05. The minimum Gasteiger partial charge on any atom is -0.318 e. The molecule has 0 aliphatic carbocycles. The van der Waals surface area contributed by atoms with Crippen LogP contribution in [0.2, 0.25) is 0 Å². The lowest BCUT2D eigenvalue weighted by Crippen LogP contribution is -2.32. The van der Waals surface area contributed by atoms with Gasteiger partial charge in [-0.05, 0) is 31.7 Å². The fraction of sp³-hybridized carbons (Fsp3) is 0.786. The van der Waals surface area contributed by atoms with Crippen LogP contribution in [0.15, 0.2) is 17.3 Å². The van der Waals surface area contributed by atoms with E-state index in [-0.39, 0.29) is 5.41 Å². The molecule has 1 saturated heterocycles. The molecule has 2 heterocycles. The number of likely N-dealkylation sites (N-methyl/N-ethyl adjacent to an activating group) is 1.